The molecular formula is C21H21IO3Zr. The van der Waals surface area contributed by atoms with Crippen molar-refractivity contribution in [2.75, 3.05) is 0 Å². The Morgan fingerprint density at radius 3 is 0.962 bits per heavy atom. The molecule has 0 saturated carbocycles. The second-order valence-corrected chi connectivity index (χ2v) is 17.9. The third-order valence-electron chi connectivity index (χ3n) is 3.78. The van der Waals surface area contributed by atoms with E-state index in [1.165, 1.54) is 16.7 Å². The molecule has 0 unspecified atom stereocenters. The van der Waals surface area contributed by atoms with Crippen LogP contribution < -0.4 is 8.44 Å². The van der Waals surface area contributed by atoms with Crippen LogP contribution in [0.1, 0.15) is 16.7 Å². The van der Waals surface area contributed by atoms with Gasteiger partial charge >= 0.3 is 171 Å². The average Bonchev–Trinajstić information content (AvgIpc) is 2.61. The fourth-order valence-corrected chi connectivity index (χ4v) is 10.2. The fraction of sp³-hybridized carbons (Fsp3) is 0.143. The molecule has 0 N–H and O–H groups in total. The van der Waals surface area contributed by atoms with Crippen molar-refractivity contribution >= 4 is 18.0 Å². The van der Waals surface area contributed by atoms with Crippen molar-refractivity contribution in [2.45, 2.75) is 20.8 Å². The molecule has 0 saturated heterocycles. The van der Waals surface area contributed by atoms with Gasteiger partial charge in [0.25, 0.3) is 0 Å². The van der Waals surface area contributed by atoms with Gasteiger partial charge in [0, 0.05) is 0 Å². The van der Waals surface area contributed by atoms with E-state index in [1.54, 1.807) is 0 Å². The molecule has 0 amide bonds. The Morgan fingerprint density at radius 1 is 0.500 bits per heavy atom. The van der Waals surface area contributed by atoms with Crippen molar-refractivity contribution in [1.82, 2.24) is 0 Å². The van der Waals surface area contributed by atoms with Gasteiger partial charge in [0.1, 0.15) is 0 Å². The van der Waals surface area contributed by atoms with Crippen molar-refractivity contribution in [3.8, 4) is 17.2 Å². The van der Waals surface area contributed by atoms with Crippen LogP contribution in [-0.4, -0.2) is 0 Å². The zero-order chi connectivity index (χ0) is 18.6. The predicted octanol–water partition coefficient (Wildman–Crippen LogP) is 6.40. The Morgan fingerprint density at radius 2 is 0.731 bits per heavy atom. The first kappa shape index (κ1) is 19.4. The molecule has 5 heteroatoms. The van der Waals surface area contributed by atoms with Gasteiger partial charge in [0.15, 0.2) is 0 Å². The van der Waals surface area contributed by atoms with Gasteiger partial charge in [-0.3, -0.25) is 0 Å². The predicted molar refractivity (Wildman–Crippen MR) is 109 cm³/mol. The molecule has 26 heavy (non-hydrogen) atoms. The summed E-state index contributed by atoms with van der Waals surface area (Å²) in [6.07, 6.45) is 0. The molecule has 0 aliphatic heterocycles. The third kappa shape index (κ3) is 5.58. The minimum absolute atomic E-state index is 0.764. The van der Waals surface area contributed by atoms with Gasteiger partial charge in [-0.05, 0) is 0 Å². The summed E-state index contributed by atoms with van der Waals surface area (Å²) in [7, 11) is 0. The quantitative estimate of drug-likeness (QED) is 0.340. The zero-order valence-corrected chi connectivity index (χ0v) is 19.6. The maximum atomic E-state index is 6.28. The van der Waals surface area contributed by atoms with Gasteiger partial charge in [0.2, 0.25) is 0 Å². The van der Waals surface area contributed by atoms with Crippen LogP contribution in [0.4, 0.5) is 0 Å². The first-order valence-corrected chi connectivity index (χ1v) is 18.7. The number of halogens is 1. The van der Waals surface area contributed by atoms with Crippen molar-refractivity contribution < 1.29 is 25.8 Å². The molecule has 0 bridgehead atoms. The zero-order valence-electron chi connectivity index (χ0n) is 15.0. The molecular weight excluding hydrogens is 518 g/mol. The first-order chi connectivity index (χ1) is 12.4. The minimum atomic E-state index is -3.93. The number of hydrogen-bond acceptors (Lipinski definition) is 3. The van der Waals surface area contributed by atoms with Gasteiger partial charge in [-0.1, -0.05) is 0 Å². The fourth-order valence-electron chi connectivity index (χ4n) is 2.30. The molecule has 0 heterocycles. The standard InChI is InChI=1S/3C7H8O.HI.Zr/c3*1-6-2-4-7(8)5-3-6;;/h3*2-5,8H,1H3;1H;/q;;;;+4/p-4. The topological polar surface area (TPSA) is 27.7 Å². The van der Waals surface area contributed by atoms with E-state index in [1.807, 2.05) is 72.8 Å². The summed E-state index contributed by atoms with van der Waals surface area (Å²) in [6, 6.07) is 23.9. The van der Waals surface area contributed by atoms with Crippen LogP contribution in [0, 0.1) is 20.8 Å². The normalized spacial score (nSPS) is 11.1. The molecule has 0 spiro atoms. The van der Waals surface area contributed by atoms with Crippen LogP contribution in [0.5, 0.6) is 17.2 Å². The molecule has 3 nitrogen and oxygen atoms in total. The van der Waals surface area contributed by atoms with E-state index in [4.69, 9.17) is 8.44 Å². The average molecular weight is 540 g/mol. The van der Waals surface area contributed by atoms with Crippen molar-refractivity contribution in [3.05, 3.63) is 89.5 Å². The van der Waals surface area contributed by atoms with Crippen LogP contribution in [-0.2, 0) is 17.4 Å². The summed E-state index contributed by atoms with van der Waals surface area (Å²) in [4.78, 5) is 0. The Balaban J connectivity index is 1.86. The molecule has 3 aromatic rings. The van der Waals surface area contributed by atoms with E-state index in [2.05, 4.69) is 38.8 Å². The first-order valence-electron chi connectivity index (χ1n) is 8.38. The van der Waals surface area contributed by atoms with Crippen LogP contribution in [0.2, 0.25) is 0 Å². The second-order valence-electron chi connectivity index (χ2n) is 6.23. The van der Waals surface area contributed by atoms with Gasteiger partial charge in [0.05, 0.1) is 0 Å². The number of rotatable bonds is 6. The Bertz CT molecular complexity index is 730. The monoisotopic (exact) mass is 538 g/mol. The molecule has 0 fully saturated rings. The molecule has 0 aliphatic carbocycles. The molecule has 0 atom stereocenters. The number of benzene rings is 3. The van der Waals surface area contributed by atoms with E-state index < -0.39 is 17.4 Å². The molecule has 134 valence electrons. The van der Waals surface area contributed by atoms with Crippen molar-refractivity contribution in [2.24, 2.45) is 0 Å². The summed E-state index contributed by atoms with van der Waals surface area (Å²) in [5.41, 5.74) is 3.56. The molecule has 3 rings (SSSR count). The Kier molecular flexibility index (Phi) is 6.41. The van der Waals surface area contributed by atoms with Gasteiger partial charge in [-0.15, -0.1) is 0 Å². The SMILES string of the molecule is Cc1ccc([O][Zr]([I])([O]c2ccc(C)cc2)[O]c2ccc(C)cc2)cc1. The summed E-state index contributed by atoms with van der Waals surface area (Å²) in [6.45, 7) is 6.15. The van der Waals surface area contributed by atoms with E-state index in [0.717, 1.165) is 17.2 Å². The Labute approximate surface area is 170 Å². The van der Waals surface area contributed by atoms with Crippen LogP contribution in [0.15, 0.2) is 72.8 Å². The second kappa shape index (κ2) is 8.57. The number of aryl methyl sites for hydroxylation is 3. The van der Waals surface area contributed by atoms with Crippen LogP contribution in [0.25, 0.3) is 0 Å². The molecule has 0 aliphatic rings. The summed E-state index contributed by atoms with van der Waals surface area (Å²) in [5.74, 6) is 2.29. The Hall–Kier alpha value is -1.33. The number of hydrogen-bond donors (Lipinski definition) is 0. The van der Waals surface area contributed by atoms with Crippen molar-refractivity contribution in [1.29, 1.82) is 0 Å². The van der Waals surface area contributed by atoms with Crippen LogP contribution >= 0.6 is 18.0 Å². The molecule has 0 radical (unpaired) electrons. The third-order valence-corrected chi connectivity index (χ3v) is 11.2. The summed E-state index contributed by atoms with van der Waals surface area (Å²) >= 11 is -1.68. The molecule has 3 aromatic carbocycles. The summed E-state index contributed by atoms with van der Waals surface area (Å²) in [5, 5.41) is 0. The van der Waals surface area contributed by atoms with Crippen molar-refractivity contribution in [3.63, 3.8) is 0 Å². The van der Waals surface area contributed by atoms with E-state index in [9.17, 15) is 0 Å². The van der Waals surface area contributed by atoms with Gasteiger partial charge < -0.3 is 0 Å². The maximum absolute atomic E-state index is 6.28. The summed E-state index contributed by atoms with van der Waals surface area (Å²) < 4.78 is 18.8. The van der Waals surface area contributed by atoms with Gasteiger partial charge in [-0.2, -0.15) is 0 Å². The van der Waals surface area contributed by atoms with Gasteiger partial charge in [-0.25, -0.2) is 0 Å². The van der Waals surface area contributed by atoms with E-state index >= 15 is 0 Å². The van der Waals surface area contributed by atoms with E-state index in [0.29, 0.717) is 0 Å². The van der Waals surface area contributed by atoms with E-state index in [-0.39, 0.29) is 0 Å². The van der Waals surface area contributed by atoms with Crippen LogP contribution in [0.3, 0.4) is 0 Å². The molecule has 0 aromatic heterocycles.